The largest absolute Gasteiger partial charge is 0.439 e. The van der Waals surface area contributed by atoms with Crippen LogP contribution < -0.4 is 10.1 Å². The van der Waals surface area contributed by atoms with E-state index in [1.54, 1.807) is 36.5 Å². The van der Waals surface area contributed by atoms with Crippen LogP contribution in [0.15, 0.2) is 73.3 Å². The number of hydrogen-bond donors (Lipinski definition) is 1. The lowest BCUT2D eigenvalue weighted by Gasteiger charge is -2.08. The number of aryl methyl sites for hydroxylation is 1. The second-order valence-electron chi connectivity index (χ2n) is 6.63. The van der Waals surface area contributed by atoms with Gasteiger partial charge in [0.1, 0.15) is 23.7 Å². The highest BCUT2D eigenvalue weighted by Crippen LogP contribution is 2.25. The van der Waals surface area contributed by atoms with Crippen molar-refractivity contribution in [2.24, 2.45) is 0 Å². The fourth-order valence-electron chi connectivity index (χ4n) is 3.02. The summed E-state index contributed by atoms with van der Waals surface area (Å²) in [5.74, 6) is 2.23. The SMILES string of the molecule is Cc1nccn1-c1cc(Oc2ccc(NC(=O)c3nc4ccccc4s3)cc2)ncn1. The quantitative estimate of drug-likeness (QED) is 0.439. The van der Waals surface area contributed by atoms with Crippen molar-refractivity contribution in [1.29, 1.82) is 0 Å². The molecule has 8 nitrogen and oxygen atoms in total. The number of anilines is 1. The molecule has 0 fully saturated rings. The molecule has 3 aromatic heterocycles. The summed E-state index contributed by atoms with van der Waals surface area (Å²) < 4.78 is 8.65. The highest BCUT2D eigenvalue weighted by Gasteiger charge is 2.12. The molecule has 0 atom stereocenters. The number of imidazole rings is 1. The Morgan fingerprint density at radius 2 is 1.90 bits per heavy atom. The van der Waals surface area contributed by atoms with Gasteiger partial charge < -0.3 is 10.1 Å². The molecule has 0 saturated heterocycles. The number of rotatable bonds is 5. The molecule has 5 rings (SSSR count). The number of thiazole rings is 1. The summed E-state index contributed by atoms with van der Waals surface area (Å²) in [6.07, 6.45) is 4.97. The number of amides is 1. The third-order valence-electron chi connectivity index (χ3n) is 4.52. The van der Waals surface area contributed by atoms with E-state index >= 15 is 0 Å². The molecule has 31 heavy (non-hydrogen) atoms. The zero-order chi connectivity index (χ0) is 21.2. The Hall–Kier alpha value is -4.11. The monoisotopic (exact) mass is 428 g/mol. The molecule has 1 N–H and O–H groups in total. The Kier molecular flexibility index (Phi) is 4.85. The van der Waals surface area contributed by atoms with Crippen LogP contribution in [-0.4, -0.2) is 30.4 Å². The van der Waals surface area contributed by atoms with Crippen molar-refractivity contribution in [3.63, 3.8) is 0 Å². The van der Waals surface area contributed by atoms with Crippen LogP contribution in [0.4, 0.5) is 5.69 Å². The number of carbonyl (C=O) groups is 1. The first kappa shape index (κ1) is 18.9. The van der Waals surface area contributed by atoms with Gasteiger partial charge in [0, 0.05) is 24.1 Å². The van der Waals surface area contributed by atoms with Gasteiger partial charge >= 0.3 is 0 Å². The zero-order valence-electron chi connectivity index (χ0n) is 16.4. The number of ether oxygens (including phenoxy) is 1. The first-order chi connectivity index (χ1) is 15.2. The Morgan fingerprint density at radius 1 is 1.06 bits per heavy atom. The normalized spacial score (nSPS) is 10.9. The molecule has 2 aromatic carbocycles. The summed E-state index contributed by atoms with van der Waals surface area (Å²) in [5, 5.41) is 3.28. The van der Waals surface area contributed by atoms with E-state index in [0.717, 1.165) is 16.0 Å². The van der Waals surface area contributed by atoms with Gasteiger partial charge in [0.25, 0.3) is 5.91 Å². The second-order valence-corrected chi connectivity index (χ2v) is 7.66. The predicted molar refractivity (Wildman–Crippen MR) is 118 cm³/mol. The van der Waals surface area contributed by atoms with E-state index in [-0.39, 0.29) is 5.91 Å². The van der Waals surface area contributed by atoms with E-state index in [1.807, 2.05) is 42.0 Å². The number of carbonyl (C=O) groups excluding carboxylic acids is 1. The average molecular weight is 428 g/mol. The minimum absolute atomic E-state index is 0.244. The molecule has 0 aliphatic heterocycles. The van der Waals surface area contributed by atoms with Crippen molar-refractivity contribution in [3.8, 4) is 17.4 Å². The van der Waals surface area contributed by atoms with E-state index in [0.29, 0.717) is 28.1 Å². The number of aromatic nitrogens is 5. The Labute approximate surface area is 181 Å². The molecule has 3 heterocycles. The van der Waals surface area contributed by atoms with Gasteiger partial charge in [-0.05, 0) is 43.3 Å². The summed E-state index contributed by atoms with van der Waals surface area (Å²) in [4.78, 5) is 29.5. The summed E-state index contributed by atoms with van der Waals surface area (Å²) in [6, 6.07) is 16.5. The Morgan fingerprint density at radius 3 is 2.68 bits per heavy atom. The standard InChI is InChI=1S/C22H16N6O2S/c1-14-23-10-11-28(14)19-12-20(25-13-24-19)30-16-8-6-15(7-9-16)26-21(29)22-27-17-4-2-3-5-18(17)31-22/h2-13H,1H3,(H,26,29). The molecule has 0 aliphatic carbocycles. The summed E-state index contributed by atoms with van der Waals surface area (Å²) in [6.45, 7) is 1.89. The second kappa shape index (κ2) is 7.96. The van der Waals surface area contributed by atoms with E-state index in [9.17, 15) is 4.79 Å². The molecule has 0 spiro atoms. The first-order valence-corrected chi connectivity index (χ1v) is 10.2. The van der Waals surface area contributed by atoms with E-state index in [1.165, 1.54) is 17.7 Å². The van der Waals surface area contributed by atoms with E-state index in [2.05, 4.69) is 25.3 Å². The lowest BCUT2D eigenvalue weighted by molar-refractivity contribution is 0.102. The van der Waals surface area contributed by atoms with E-state index in [4.69, 9.17) is 4.74 Å². The maximum atomic E-state index is 12.5. The lowest BCUT2D eigenvalue weighted by atomic mass is 10.3. The molecule has 5 aromatic rings. The fourth-order valence-corrected chi connectivity index (χ4v) is 3.88. The van der Waals surface area contributed by atoms with Crippen LogP contribution in [0.1, 0.15) is 15.6 Å². The lowest BCUT2D eigenvalue weighted by Crippen LogP contribution is -2.11. The minimum atomic E-state index is -0.244. The van der Waals surface area contributed by atoms with Gasteiger partial charge in [-0.1, -0.05) is 12.1 Å². The number of nitrogens with zero attached hydrogens (tertiary/aromatic N) is 5. The van der Waals surface area contributed by atoms with E-state index < -0.39 is 0 Å². The molecule has 152 valence electrons. The van der Waals surface area contributed by atoms with Crippen LogP contribution >= 0.6 is 11.3 Å². The van der Waals surface area contributed by atoms with Crippen molar-refractivity contribution in [2.75, 3.05) is 5.32 Å². The van der Waals surface area contributed by atoms with Gasteiger partial charge in [0.05, 0.1) is 10.2 Å². The number of benzene rings is 2. The van der Waals surface area contributed by atoms with Gasteiger partial charge in [0.15, 0.2) is 5.01 Å². The Balaban J connectivity index is 1.28. The van der Waals surface area contributed by atoms with Crippen molar-refractivity contribution in [2.45, 2.75) is 6.92 Å². The Bertz CT molecular complexity index is 1340. The third-order valence-corrected chi connectivity index (χ3v) is 5.56. The maximum absolute atomic E-state index is 12.5. The predicted octanol–water partition coefficient (Wildman–Crippen LogP) is 4.63. The topological polar surface area (TPSA) is 94.8 Å². The van der Waals surface area contributed by atoms with Crippen LogP contribution in [0.5, 0.6) is 11.6 Å². The van der Waals surface area contributed by atoms with Crippen molar-refractivity contribution < 1.29 is 9.53 Å². The van der Waals surface area contributed by atoms with Gasteiger partial charge in [-0.15, -0.1) is 11.3 Å². The van der Waals surface area contributed by atoms with Gasteiger partial charge in [-0.25, -0.2) is 19.9 Å². The number of fused-ring (bicyclic) bond motifs is 1. The molecule has 9 heteroatoms. The molecule has 1 amide bonds. The van der Waals surface area contributed by atoms with Crippen LogP contribution in [0.3, 0.4) is 0 Å². The highest BCUT2D eigenvalue weighted by molar-refractivity contribution is 7.20. The molecular formula is C22H16N6O2S. The number of para-hydroxylation sites is 1. The van der Waals surface area contributed by atoms with Crippen molar-refractivity contribution >= 4 is 33.1 Å². The van der Waals surface area contributed by atoms with Crippen molar-refractivity contribution in [1.82, 2.24) is 24.5 Å². The minimum Gasteiger partial charge on any atom is -0.439 e. The van der Waals surface area contributed by atoms with Crippen molar-refractivity contribution in [3.05, 3.63) is 84.2 Å². The molecule has 0 aliphatic rings. The smallest absolute Gasteiger partial charge is 0.284 e. The number of hydrogen-bond acceptors (Lipinski definition) is 7. The highest BCUT2D eigenvalue weighted by atomic mass is 32.1. The molecule has 0 bridgehead atoms. The summed E-state index contributed by atoms with van der Waals surface area (Å²) in [5.41, 5.74) is 1.46. The molecule has 0 unspecified atom stereocenters. The van der Waals surface area contributed by atoms with Gasteiger partial charge in [-0.3, -0.25) is 9.36 Å². The number of nitrogens with one attached hydrogen (secondary N) is 1. The first-order valence-electron chi connectivity index (χ1n) is 9.43. The summed E-state index contributed by atoms with van der Waals surface area (Å²) in [7, 11) is 0. The average Bonchev–Trinajstić information content (AvgIpc) is 3.41. The molecule has 0 radical (unpaired) electrons. The third kappa shape index (κ3) is 3.99. The zero-order valence-corrected chi connectivity index (χ0v) is 17.2. The fraction of sp³-hybridized carbons (Fsp3) is 0.0455. The molecule has 0 saturated carbocycles. The van der Waals surface area contributed by atoms with Gasteiger partial charge in [-0.2, -0.15) is 0 Å². The van der Waals surface area contributed by atoms with Crippen LogP contribution in [0.2, 0.25) is 0 Å². The van der Waals surface area contributed by atoms with Crippen LogP contribution in [0.25, 0.3) is 16.0 Å². The maximum Gasteiger partial charge on any atom is 0.284 e. The van der Waals surface area contributed by atoms with Gasteiger partial charge in [0.2, 0.25) is 5.88 Å². The summed E-state index contributed by atoms with van der Waals surface area (Å²) >= 11 is 1.36. The molecular weight excluding hydrogens is 412 g/mol. The van der Waals surface area contributed by atoms with Crippen LogP contribution in [-0.2, 0) is 0 Å². The van der Waals surface area contributed by atoms with Crippen LogP contribution in [0, 0.1) is 6.92 Å².